The smallest absolute Gasteiger partial charge is 0.337 e. The number of hydrogen-bond acceptors (Lipinski definition) is 9. The maximum absolute atomic E-state index is 12.4. The molecule has 2 aromatic rings. The van der Waals surface area contributed by atoms with Crippen molar-refractivity contribution in [3.63, 3.8) is 0 Å². The van der Waals surface area contributed by atoms with E-state index in [9.17, 15) is 17.8 Å². The third-order valence-corrected chi connectivity index (χ3v) is 10.6. The van der Waals surface area contributed by atoms with E-state index in [2.05, 4.69) is 29.4 Å². The van der Waals surface area contributed by atoms with Gasteiger partial charge in [0.15, 0.2) is 24.8 Å². The number of benzene rings is 2. The Bertz CT molecular complexity index is 1880. The van der Waals surface area contributed by atoms with Gasteiger partial charge in [0.1, 0.15) is 0 Å². The van der Waals surface area contributed by atoms with Crippen molar-refractivity contribution >= 4 is 33.2 Å². The molecular weight excluding hydrogens is 673 g/mol. The Morgan fingerprint density at radius 2 is 1.73 bits per heavy atom. The van der Waals surface area contributed by atoms with Crippen LogP contribution in [0.3, 0.4) is 0 Å². The van der Waals surface area contributed by atoms with Crippen molar-refractivity contribution in [3.8, 4) is 0 Å². The highest BCUT2D eigenvalue weighted by Crippen LogP contribution is 2.48. The van der Waals surface area contributed by atoms with Crippen LogP contribution in [0.5, 0.6) is 0 Å². The van der Waals surface area contributed by atoms with Gasteiger partial charge < -0.3 is 28.6 Å². The van der Waals surface area contributed by atoms with Crippen LogP contribution in [-0.4, -0.2) is 89.4 Å². The van der Waals surface area contributed by atoms with Gasteiger partial charge in [0.2, 0.25) is 5.69 Å². The number of rotatable bonds is 14. The highest BCUT2D eigenvalue weighted by atomic mass is 32.2. The molecule has 1 fully saturated rings. The first kappa shape index (κ1) is 38.3. The standard InChI is InChI=1S/C39H48N2O9S/c1-38(2)29-25-27(37(42)48-7)16-18-31(29)41(22-20-36-49-23-24-50-36)34(38)14-10-8-9-13-33-39(3,4)30-26-28(51(43,44)45)17-19-32(30)40(33)21-12-11-15-35(46-5)47-6/h8-11,13-19,25-26,35-36H,12,20-24H2,1-7H3/p+1/b15-11+. The molecular formula is C39H49N2O9S+. The Morgan fingerprint density at radius 1 is 1.00 bits per heavy atom. The fourth-order valence-corrected chi connectivity index (χ4v) is 7.55. The molecule has 0 saturated carbocycles. The Labute approximate surface area is 301 Å². The van der Waals surface area contributed by atoms with Crippen molar-refractivity contribution in [3.05, 3.63) is 101 Å². The van der Waals surface area contributed by atoms with Gasteiger partial charge in [-0.2, -0.15) is 13.0 Å². The van der Waals surface area contributed by atoms with Gasteiger partial charge in [-0.05, 0) is 68.3 Å². The molecule has 3 heterocycles. The second-order valence-corrected chi connectivity index (χ2v) is 15.0. The predicted molar refractivity (Wildman–Crippen MR) is 195 cm³/mol. The number of ether oxygens (including phenoxy) is 5. The fraction of sp³-hybridized carbons (Fsp3) is 0.436. The number of carbonyl (C=O) groups excluding carboxylic acids is 1. The van der Waals surface area contributed by atoms with Crippen LogP contribution in [0.15, 0.2) is 89.5 Å². The van der Waals surface area contributed by atoms with E-state index in [0.717, 1.165) is 33.9 Å². The second-order valence-electron chi connectivity index (χ2n) is 13.6. The quantitative estimate of drug-likeness (QED) is 0.0601. The molecule has 0 bridgehead atoms. The predicted octanol–water partition coefficient (Wildman–Crippen LogP) is 6.22. The lowest BCUT2D eigenvalue weighted by Crippen LogP contribution is -2.28. The number of methoxy groups -OCH3 is 3. The first-order chi connectivity index (χ1) is 24.2. The summed E-state index contributed by atoms with van der Waals surface area (Å²) in [5.41, 5.74) is 5.33. The Balaban J connectivity index is 1.45. The van der Waals surface area contributed by atoms with Crippen LogP contribution in [0.1, 0.15) is 62.0 Å². The zero-order chi connectivity index (χ0) is 37.0. The molecule has 1 saturated heterocycles. The summed E-state index contributed by atoms with van der Waals surface area (Å²) in [6.07, 6.45) is 14.6. The first-order valence-corrected chi connectivity index (χ1v) is 18.5. The summed E-state index contributed by atoms with van der Waals surface area (Å²) in [6, 6.07) is 10.4. The molecule has 0 radical (unpaired) electrons. The zero-order valence-corrected chi connectivity index (χ0v) is 31.2. The summed E-state index contributed by atoms with van der Waals surface area (Å²) in [5, 5.41) is 0. The lowest BCUT2D eigenvalue weighted by atomic mass is 9.81. The fourth-order valence-electron chi connectivity index (χ4n) is 7.05. The van der Waals surface area contributed by atoms with Crippen molar-refractivity contribution in [1.82, 2.24) is 0 Å². The number of anilines is 1. The van der Waals surface area contributed by atoms with E-state index in [1.54, 1.807) is 32.4 Å². The Kier molecular flexibility index (Phi) is 11.8. The van der Waals surface area contributed by atoms with E-state index in [1.165, 1.54) is 13.2 Å². The zero-order valence-electron chi connectivity index (χ0n) is 30.4. The molecule has 0 atom stereocenters. The van der Waals surface area contributed by atoms with Crippen LogP contribution < -0.4 is 4.90 Å². The SMILES string of the molecule is COC(=O)c1ccc2c(c1)C(C)(C)C(/C=C/C=C/C=C1/N(CC/C=C/C(OC)OC)c3ccc(S(=O)(=O)O)cc3C1(C)C)=[N+]2CCC1OCCO1. The van der Waals surface area contributed by atoms with Gasteiger partial charge in [0.05, 0.1) is 42.6 Å². The van der Waals surface area contributed by atoms with Crippen LogP contribution >= 0.6 is 0 Å². The minimum Gasteiger partial charge on any atom is -0.465 e. The molecule has 0 unspecified atom stereocenters. The highest BCUT2D eigenvalue weighted by Gasteiger charge is 2.45. The number of carbonyl (C=O) groups is 1. The molecule has 3 aliphatic heterocycles. The Morgan fingerprint density at radius 3 is 2.39 bits per heavy atom. The van der Waals surface area contributed by atoms with Gasteiger partial charge >= 0.3 is 5.97 Å². The molecule has 0 aliphatic carbocycles. The van der Waals surface area contributed by atoms with Gasteiger partial charge in [0, 0.05) is 55.3 Å². The van der Waals surface area contributed by atoms with Gasteiger partial charge in [-0.1, -0.05) is 38.2 Å². The lowest BCUT2D eigenvalue weighted by Gasteiger charge is -2.26. The summed E-state index contributed by atoms with van der Waals surface area (Å²) in [5.74, 6) is -0.377. The number of hydrogen-bond donors (Lipinski definition) is 1. The molecule has 3 aliphatic rings. The minimum absolute atomic E-state index is 0.136. The van der Waals surface area contributed by atoms with E-state index in [4.69, 9.17) is 23.7 Å². The van der Waals surface area contributed by atoms with Gasteiger partial charge in [-0.25, -0.2) is 4.79 Å². The van der Waals surface area contributed by atoms with Crippen molar-refractivity contribution in [2.45, 2.75) is 68.8 Å². The minimum atomic E-state index is -4.37. The van der Waals surface area contributed by atoms with E-state index < -0.39 is 27.2 Å². The molecule has 0 amide bonds. The summed E-state index contributed by atoms with van der Waals surface area (Å²) in [4.78, 5) is 14.4. The number of allylic oxidation sites excluding steroid dienone is 6. The monoisotopic (exact) mass is 721 g/mol. The second kappa shape index (κ2) is 15.8. The normalized spacial score (nSPS) is 19.5. The highest BCUT2D eigenvalue weighted by molar-refractivity contribution is 7.85. The number of esters is 1. The van der Waals surface area contributed by atoms with Crippen molar-refractivity contribution in [2.24, 2.45) is 0 Å². The molecule has 274 valence electrons. The molecule has 11 nitrogen and oxygen atoms in total. The van der Waals surface area contributed by atoms with Gasteiger partial charge in [-0.15, -0.1) is 0 Å². The van der Waals surface area contributed by atoms with Crippen molar-refractivity contribution < 1.29 is 46.0 Å². The first-order valence-electron chi connectivity index (χ1n) is 17.0. The van der Waals surface area contributed by atoms with Crippen LogP contribution in [0.2, 0.25) is 0 Å². The number of fused-ring (bicyclic) bond motifs is 2. The summed E-state index contributed by atoms with van der Waals surface area (Å²) in [6.45, 7) is 10.9. The van der Waals surface area contributed by atoms with Crippen LogP contribution in [-0.2, 0) is 44.6 Å². The maximum Gasteiger partial charge on any atom is 0.337 e. The summed E-state index contributed by atoms with van der Waals surface area (Å²) < 4.78 is 63.1. The summed E-state index contributed by atoms with van der Waals surface area (Å²) in [7, 11) is 0.170. The van der Waals surface area contributed by atoms with E-state index >= 15 is 0 Å². The maximum atomic E-state index is 12.4. The molecule has 0 aromatic heterocycles. The van der Waals surface area contributed by atoms with Gasteiger partial charge in [0.25, 0.3) is 10.1 Å². The number of nitrogens with zero attached hydrogens (tertiary/aromatic N) is 2. The topological polar surface area (TPSA) is 124 Å². The van der Waals surface area contributed by atoms with Crippen LogP contribution in [0.4, 0.5) is 11.4 Å². The molecule has 12 heteroatoms. The molecule has 5 rings (SSSR count). The van der Waals surface area contributed by atoms with E-state index in [-0.39, 0.29) is 17.2 Å². The molecule has 0 spiro atoms. The average Bonchev–Trinajstić information content (AvgIpc) is 3.75. The lowest BCUT2D eigenvalue weighted by molar-refractivity contribution is -0.442. The van der Waals surface area contributed by atoms with E-state index in [0.29, 0.717) is 44.7 Å². The van der Waals surface area contributed by atoms with Crippen LogP contribution in [0, 0.1) is 0 Å². The molecule has 2 aromatic carbocycles. The Hall–Kier alpha value is -3.91. The largest absolute Gasteiger partial charge is 0.465 e. The third kappa shape index (κ3) is 8.11. The van der Waals surface area contributed by atoms with E-state index in [1.807, 2.05) is 62.4 Å². The van der Waals surface area contributed by atoms with Crippen molar-refractivity contribution in [2.75, 3.05) is 52.5 Å². The van der Waals surface area contributed by atoms with Gasteiger partial charge in [-0.3, -0.25) is 4.55 Å². The third-order valence-electron chi connectivity index (χ3n) is 9.76. The average molecular weight is 722 g/mol. The van der Waals surface area contributed by atoms with Crippen LogP contribution in [0.25, 0.3) is 0 Å². The van der Waals surface area contributed by atoms with Crippen molar-refractivity contribution in [1.29, 1.82) is 0 Å². The molecule has 51 heavy (non-hydrogen) atoms. The molecule has 1 N–H and O–H groups in total. The summed E-state index contributed by atoms with van der Waals surface area (Å²) >= 11 is 0.